The van der Waals surface area contributed by atoms with Crippen molar-refractivity contribution in [3.05, 3.63) is 115 Å². The highest BCUT2D eigenvalue weighted by Crippen LogP contribution is 2.24. The zero-order valence-corrected chi connectivity index (χ0v) is 20.9. The molecule has 4 N–H and O–H groups in total. The topological polar surface area (TPSA) is 110 Å². The van der Waals surface area contributed by atoms with Gasteiger partial charge in [0.1, 0.15) is 6.54 Å². The number of carbonyl (C=O) groups excluding carboxylic acids is 3. The highest BCUT2D eigenvalue weighted by molar-refractivity contribution is 6.11. The van der Waals surface area contributed by atoms with E-state index in [1.165, 1.54) is 5.01 Å². The van der Waals surface area contributed by atoms with Crippen LogP contribution < -0.4 is 10.7 Å². The number of ketones is 2. The summed E-state index contributed by atoms with van der Waals surface area (Å²) in [4.78, 5) is 46.2. The van der Waals surface area contributed by atoms with Gasteiger partial charge in [0, 0.05) is 50.7 Å². The molecule has 4 aromatic carbocycles. The fourth-order valence-corrected chi connectivity index (χ4v) is 4.81. The number of amides is 2. The number of nitrogens with zero attached hydrogens (tertiary/aromatic N) is 1. The fraction of sp³-hybridized carbons (Fsp3) is 0.0645. The van der Waals surface area contributed by atoms with Gasteiger partial charge in [-0.1, -0.05) is 72.8 Å². The van der Waals surface area contributed by atoms with Crippen molar-refractivity contribution in [3.63, 3.8) is 0 Å². The van der Waals surface area contributed by atoms with E-state index in [9.17, 15) is 14.4 Å². The molecule has 0 spiro atoms. The Morgan fingerprint density at radius 2 is 1.21 bits per heavy atom. The normalized spacial score (nSPS) is 11.2. The van der Waals surface area contributed by atoms with Gasteiger partial charge in [0.2, 0.25) is 0 Å². The molecule has 0 aliphatic heterocycles. The lowest BCUT2D eigenvalue weighted by Crippen LogP contribution is -2.49. The minimum atomic E-state index is -0.550. The second kappa shape index (κ2) is 10.3. The minimum absolute atomic E-state index is 0.175. The molecule has 39 heavy (non-hydrogen) atoms. The lowest BCUT2D eigenvalue weighted by atomic mass is 10.1. The third kappa shape index (κ3) is 4.76. The van der Waals surface area contributed by atoms with Crippen LogP contribution in [0.5, 0.6) is 0 Å². The molecule has 6 aromatic rings. The molecule has 8 nitrogen and oxygen atoms in total. The van der Waals surface area contributed by atoms with E-state index in [2.05, 4.69) is 20.7 Å². The molecule has 0 aliphatic carbocycles. The molecule has 2 aromatic heterocycles. The lowest BCUT2D eigenvalue weighted by Gasteiger charge is -2.23. The van der Waals surface area contributed by atoms with Gasteiger partial charge in [-0.3, -0.25) is 14.6 Å². The van der Waals surface area contributed by atoms with Gasteiger partial charge in [-0.05, 0) is 23.6 Å². The molecular formula is C31H25N5O3. The molecule has 0 atom stereocenters. The maximum Gasteiger partial charge on any atom is 0.336 e. The van der Waals surface area contributed by atoms with Crippen molar-refractivity contribution >= 4 is 55.9 Å². The number of hydrazine groups is 1. The summed E-state index contributed by atoms with van der Waals surface area (Å²) in [5, 5.41) is 7.48. The van der Waals surface area contributed by atoms with E-state index in [4.69, 9.17) is 0 Å². The summed E-state index contributed by atoms with van der Waals surface area (Å²) in [6.45, 7) is -0.453. The summed E-state index contributed by atoms with van der Waals surface area (Å²) in [6.07, 6.45) is 3.30. The first-order valence-corrected chi connectivity index (χ1v) is 12.6. The Bertz CT molecular complexity index is 1850. The van der Waals surface area contributed by atoms with E-state index in [0.717, 1.165) is 32.6 Å². The van der Waals surface area contributed by atoms with E-state index in [1.807, 2.05) is 84.9 Å². The third-order valence-electron chi connectivity index (χ3n) is 6.79. The molecule has 2 heterocycles. The third-order valence-corrected chi connectivity index (χ3v) is 6.79. The standard InChI is InChI=1S/C31H25N5O3/c37-29(24-16-32-26-13-5-3-11-22(24)26)18-34-36(19-30(38)25-17-33-27-14-6-4-12-23(25)27)31(39)35-28-15-7-9-20-8-1-2-10-21(20)28/h1-17,32-34H,18-19H2,(H,35,39). The van der Waals surface area contributed by atoms with E-state index in [0.29, 0.717) is 16.8 Å². The summed E-state index contributed by atoms with van der Waals surface area (Å²) in [5.74, 6) is -0.484. The van der Waals surface area contributed by atoms with Gasteiger partial charge in [0.25, 0.3) is 0 Å². The Labute approximate surface area is 223 Å². The number of carbonyl (C=O) groups is 3. The summed E-state index contributed by atoms with van der Waals surface area (Å²) in [7, 11) is 0. The van der Waals surface area contributed by atoms with Gasteiger partial charge in [-0.15, -0.1) is 0 Å². The van der Waals surface area contributed by atoms with Crippen molar-refractivity contribution in [1.29, 1.82) is 0 Å². The molecule has 6 rings (SSSR count). The number of fused-ring (bicyclic) bond motifs is 3. The first-order chi connectivity index (χ1) is 19.1. The van der Waals surface area contributed by atoms with Crippen molar-refractivity contribution in [2.75, 3.05) is 18.4 Å². The molecule has 0 aliphatic rings. The van der Waals surface area contributed by atoms with Crippen LogP contribution in [-0.4, -0.2) is 45.7 Å². The predicted molar refractivity (Wildman–Crippen MR) is 153 cm³/mol. The SMILES string of the molecule is O=C(CNN(CC(=O)c1c[nH]c2ccccc12)C(=O)Nc1cccc2ccccc12)c1c[nH]c2ccccc12. The van der Waals surface area contributed by atoms with Crippen LogP contribution in [0.15, 0.2) is 103 Å². The molecule has 192 valence electrons. The van der Waals surface area contributed by atoms with Gasteiger partial charge in [-0.25, -0.2) is 10.2 Å². The second-order valence-corrected chi connectivity index (χ2v) is 9.22. The van der Waals surface area contributed by atoms with Crippen molar-refractivity contribution in [2.24, 2.45) is 0 Å². The van der Waals surface area contributed by atoms with Gasteiger partial charge in [0.15, 0.2) is 11.6 Å². The molecule has 0 saturated heterocycles. The maximum absolute atomic E-state index is 13.5. The summed E-state index contributed by atoms with van der Waals surface area (Å²) < 4.78 is 0. The van der Waals surface area contributed by atoms with Crippen LogP contribution in [0.2, 0.25) is 0 Å². The van der Waals surface area contributed by atoms with Crippen molar-refractivity contribution in [2.45, 2.75) is 0 Å². The largest absolute Gasteiger partial charge is 0.360 e. The average molecular weight is 516 g/mol. The minimum Gasteiger partial charge on any atom is -0.360 e. The number of urea groups is 1. The molecular weight excluding hydrogens is 490 g/mol. The number of para-hydroxylation sites is 2. The summed E-state index contributed by atoms with van der Waals surface area (Å²) >= 11 is 0. The van der Waals surface area contributed by atoms with Crippen molar-refractivity contribution < 1.29 is 14.4 Å². The van der Waals surface area contributed by atoms with Crippen LogP contribution in [0, 0.1) is 0 Å². The van der Waals surface area contributed by atoms with Crippen LogP contribution >= 0.6 is 0 Å². The smallest absolute Gasteiger partial charge is 0.336 e. The summed E-state index contributed by atoms with van der Waals surface area (Å²) in [5.41, 5.74) is 6.17. The quantitative estimate of drug-likeness (QED) is 0.149. The number of hydrogen-bond acceptors (Lipinski definition) is 4. The molecule has 0 unspecified atom stereocenters. The zero-order chi connectivity index (χ0) is 26.8. The van der Waals surface area contributed by atoms with Gasteiger partial charge >= 0.3 is 6.03 Å². The number of Topliss-reactive ketones (excluding diaryl/α,β-unsaturated/α-hetero) is 2. The zero-order valence-electron chi connectivity index (χ0n) is 20.9. The Morgan fingerprint density at radius 3 is 1.90 bits per heavy atom. The monoisotopic (exact) mass is 515 g/mol. The number of benzene rings is 4. The van der Waals surface area contributed by atoms with Crippen LogP contribution in [-0.2, 0) is 0 Å². The Kier molecular flexibility index (Phi) is 6.36. The van der Waals surface area contributed by atoms with Gasteiger partial charge < -0.3 is 15.3 Å². The van der Waals surface area contributed by atoms with Crippen LogP contribution in [0.4, 0.5) is 10.5 Å². The number of anilines is 1. The molecule has 0 saturated carbocycles. The van der Waals surface area contributed by atoms with Crippen molar-refractivity contribution in [3.8, 4) is 0 Å². The first-order valence-electron chi connectivity index (χ1n) is 12.6. The van der Waals surface area contributed by atoms with E-state index in [-0.39, 0.29) is 24.7 Å². The number of hydrogen-bond donors (Lipinski definition) is 4. The molecule has 0 bridgehead atoms. The summed E-state index contributed by atoms with van der Waals surface area (Å²) in [6, 6.07) is 27.8. The highest BCUT2D eigenvalue weighted by Gasteiger charge is 2.22. The first kappa shape index (κ1) is 24.1. The molecule has 0 radical (unpaired) electrons. The fourth-order valence-electron chi connectivity index (χ4n) is 4.81. The molecule has 8 heteroatoms. The Balaban J connectivity index is 1.26. The van der Waals surface area contributed by atoms with Crippen LogP contribution in [0.1, 0.15) is 20.7 Å². The molecule has 0 fully saturated rings. The van der Waals surface area contributed by atoms with E-state index in [1.54, 1.807) is 18.5 Å². The van der Waals surface area contributed by atoms with Gasteiger partial charge in [-0.2, -0.15) is 0 Å². The molecule has 2 amide bonds. The Morgan fingerprint density at radius 1 is 0.641 bits per heavy atom. The van der Waals surface area contributed by atoms with E-state index >= 15 is 0 Å². The Hall–Kier alpha value is -5.21. The second-order valence-electron chi connectivity index (χ2n) is 9.22. The number of aromatic nitrogens is 2. The number of rotatable bonds is 8. The van der Waals surface area contributed by atoms with Crippen LogP contribution in [0.3, 0.4) is 0 Å². The number of nitrogens with one attached hydrogen (secondary N) is 4. The predicted octanol–water partition coefficient (Wildman–Crippen LogP) is 5.91. The van der Waals surface area contributed by atoms with Crippen LogP contribution in [0.25, 0.3) is 32.6 Å². The lowest BCUT2D eigenvalue weighted by molar-refractivity contribution is 0.0881. The average Bonchev–Trinajstić information content (AvgIpc) is 3.60. The number of H-pyrrole nitrogens is 2. The maximum atomic E-state index is 13.5. The van der Waals surface area contributed by atoms with Crippen molar-refractivity contribution in [1.82, 2.24) is 20.4 Å². The number of aromatic amines is 2. The highest BCUT2D eigenvalue weighted by atomic mass is 16.2. The van der Waals surface area contributed by atoms with Gasteiger partial charge in [0.05, 0.1) is 12.2 Å². The van der Waals surface area contributed by atoms with E-state index < -0.39 is 6.03 Å².